The predicted octanol–water partition coefficient (Wildman–Crippen LogP) is 0.0157. The first-order valence-electron chi connectivity index (χ1n) is 8.53. The number of hydrogen-bond donors (Lipinski definition) is 2. The van der Waals surface area contributed by atoms with Crippen molar-refractivity contribution in [3.05, 3.63) is 34.9 Å². The van der Waals surface area contributed by atoms with Crippen LogP contribution in [0.5, 0.6) is 23.0 Å². The van der Waals surface area contributed by atoms with E-state index < -0.39 is 0 Å². The van der Waals surface area contributed by atoms with Crippen molar-refractivity contribution >= 4 is 0 Å². The second-order valence-corrected chi connectivity index (χ2v) is 7.50. The number of halogens is 1. The molecule has 0 bridgehead atoms. The summed E-state index contributed by atoms with van der Waals surface area (Å²) in [6, 6.07) is 5.98. The first-order valence-corrected chi connectivity index (χ1v) is 8.53. The number of phenols is 2. The van der Waals surface area contributed by atoms with E-state index in [1.165, 1.54) is 12.7 Å². The van der Waals surface area contributed by atoms with Crippen LogP contribution in [-0.4, -0.2) is 49.6 Å². The summed E-state index contributed by atoms with van der Waals surface area (Å²) in [6.45, 7) is 1.03. The zero-order valence-electron chi connectivity index (χ0n) is 15.5. The number of fused-ring (bicyclic) bond motifs is 2. The van der Waals surface area contributed by atoms with Gasteiger partial charge in [0.1, 0.15) is 6.04 Å². The zero-order valence-corrected chi connectivity index (χ0v) is 17.6. The second-order valence-electron chi connectivity index (χ2n) is 7.50. The van der Waals surface area contributed by atoms with Gasteiger partial charge in [0.15, 0.2) is 23.0 Å². The van der Waals surface area contributed by atoms with Gasteiger partial charge >= 0.3 is 0 Å². The zero-order chi connectivity index (χ0) is 17.9. The van der Waals surface area contributed by atoms with Crippen LogP contribution in [0.2, 0.25) is 0 Å². The molecule has 1 aliphatic carbocycles. The lowest BCUT2D eigenvalue weighted by molar-refractivity contribution is -0.923. The summed E-state index contributed by atoms with van der Waals surface area (Å²) in [4.78, 5) is 0. The van der Waals surface area contributed by atoms with Crippen molar-refractivity contribution in [2.75, 3.05) is 34.9 Å². The van der Waals surface area contributed by atoms with Gasteiger partial charge in [-0.1, -0.05) is 6.07 Å². The van der Waals surface area contributed by atoms with Crippen LogP contribution in [0.3, 0.4) is 0 Å². The Balaban J connectivity index is 0.00000196. The van der Waals surface area contributed by atoms with E-state index in [2.05, 4.69) is 14.1 Å². The summed E-state index contributed by atoms with van der Waals surface area (Å²) < 4.78 is 11.6. The van der Waals surface area contributed by atoms with Gasteiger partial charge in [-0.15, -0.1) is 0 Å². The van der Waals surface area contributed by atoms with Crippen LogP contribution in [0.15, 0.2) is 18.2 Å². The second kappa shape index (κ2) is 6.49. The average Bonchev–Trinajstić information content (AvgIpc) is 2.59. The molecule has 1 heterocycles. The van der Waals surface area contributed by atoms with Gasteiger partial charge in [0.05, 0.1) is 34.9 Å². The summed E-state index contributed by atoms with van der Waals surface area (Å²) in [5, 5.41) is 21.7. The van der Waals surface area contributed by atoms with Crippen molar-refractivity contribution < 1.29 is 48.1 Å². The molecule has 4 rings (SSSR count). The van der Waals surface area contributed by atoms with Gasteiger partial charge in [0.25, 0.3) is 0 Å². The molecular formula is C20H24INO4. The number of methoxy groups -OCH3 is 2. The number of quaternary nitrogens is 1. The summed E-state index contributed by atoms with van der Waals surface area (Å²) in [5.41, 5.74) is 4.72. The Morgan fingerprint density at radius 1 is 0.962 bits per heavy atom. The monoisotopic (exact) mass is 469 g/mol. The topological polar surface area (TPSA) is 58.9 Å². The van der Waals surface area contributed by atoms with Crippen molar-refractivity contribution in [1.29, 1.82) is 0 Å². The molecule has 26 heavy (non-hydrogen) atoms. The van der Waals surface area contributed by atoms with E-state index in [0.29, 0.717) is 22.6 Å². The molecule has 2 aromatic carbocycles. The van der Waals surface area contributed by atoms with E-state index in [9.17, 15) is 10.2 Å². The molecule has 0 fully saturated rings. The number of aromatic hydroxyl groups is 2. The van der Waals surface area contributed by atoms with E-state index >= 15 is 0 Å². The van der Waals surface area contributed by atoms with Gasteiger partial charge < -0.3 is 48.1 Å². The number of rotatable bonds is 2. The third-order valence-electron chi connectivity index (χ3n) is 5.86. The van der Waals surface area contributed by atoms with Crippen LogP contribution in [-0.2, 0) is 12.8 Å². The molecule has 2 aromatic rings. The van der Waals surface area contributed by atoms with Crippen molar-refractivity contribution in [1.82, 2.24) is 0 Å². The minimum Gasteiger partial charge on any atom is -1.00 e. The van der Waals surface area contributed by atoms with Crippen LogP contribution in [0.25, 0.3) is 11.1 Å². The molecule has 0 saturated carbocycles. The van der Waals surface area contributed by atoms with Crippen LogP contribution in [0, 0.1) is 0 Å². The lowest BCUT2D eigenvalue weighted by Gasteiger charge is -2.46. The highest BCUT2D eigenvalue weighted by Crippen LogP contribution is 2.56. The fraction of sp³-hybridized carbons (Fsp3) is 0.400. The Bertz CT molecular complexity index is 879. The maximum atomic E-state index is 10.9. The summed E-state index contributed by atoms with van der Waals surface area (Å²) in [7, 11) is 7.55. The molecule has 0 aromatic heterocycles. The van der Waals surface area contributed by atoms with Crippen molar-refractivity contribution in [2.24, 2.45) is 0 Å². The number of hydrogen-bond acceptors (Lipinski definition) is 4. The Kier molecular flexibility index (Phi) is 4.77. The standard InChI is InChI=1S/C20H23NO4.HI/c1-21(2)8-7-12-10-15(25-4)20(23)18-16(12)13(21)9-11-5-6-14(24-3)19(22)17(11)18;/h5-6,10,13H,7-9H2,1-4H3,(H-,22,23);1H/t13-;/m0./s1. The molecule has 2 N–H and O–H groups in total. The van der Waals surface area contributed by atoms with Gasteiger partial charge in [0.2, 0.25) is 0 Å². The van der Waals surface area contributed by atoms with Crippen molar-refractivity contribution in [2.45, 2.75) is 18.9 Å². The van der Waals surface area contributed by atoms with Gasteiger partial charge in [-0.05, 0) is 23.3 Å². The third kappa shape index (κ3) is 2.53. The lowest BCUT2D eigenvalue weighted by Crippen LogP contribution is -3.00. The van der Waals surface area contributed by atoms with Gasteiger partial charge in [-0.2, -0.15) is 0 Å². The fourth-order valence-corrected chi connectivity index (χ4v) is 4.41. The number of phenolic OH excluding ortho intramolecular Hbond substituents is 2. The molecule has 0 unspecified atom stereocenters. The highest BCUT2D eigenvalue weighted by atomic mass is 127. The minimum absolute atomic E-state index is 0. The molecule has 5 nitrogen and oxygen atoms in total. The molecule has 0 saturated heterocycles. The molecule has 1 atom stereocenters. The largest absolute Gasteiger partial charge is 1.00 e. The maximum absolute atomic E-state index is 10.9. The Morgan fingerprint density at radius 2 is 1.62 bits per heavy atom. The van der Waals surface area contributed by atoms with Gasteiger partial charge in [-0.25, -0.2) is 0 Å². The number of likely N-dealkylation sites (N-methyl/N-ethyl adjacent to an activating group) is 1. The Labute approximate surface area is 170 Å². The van der Waals surface area contributed by atoms with E-state index in [-0.39, 0.29) is 41.5 Å². The first-order chi connectivity index (χ1) is 11.9. The molecule has 140 valence electrons. The minimum atomic E-state index is 0. The smallest absolute Gasteiger partial charge is 0.166 e. The molecule has 6 heteroatoms. The lowest BCUT2D eigenvalue weighted by atomic mass is 9.75. The average molecular weight is 469 g/mol. The number of benzene rings is 2. The van der Waals surface area contributed by atoms with Crippen LogP contribution >= 0.6 is 0 Å². The molecule has 2 aliphatic rings. The summed E-state index contributed by atoms with van der Waals surface area (Å²) in [5.74, 6) is 1.05. The maximum Gasteiger partial charge on any atom is 0.166 e. The molecule has 0 radical (unpaired) electrons. The fourth-order valence-electron chi connectivity index (χ4n) is 4.41. The molecule has 1 aliphatic heterocycles. The van der Waals surface area contributed by atoms with E-state index in [1.54, 1.807) is 13.2 Å². The van der Waals surface area contributed by atoms with E-state index in [4.69, 9.17) is 9.47 Å². The van der Waals surface area contributed by atoms with Crippen LogP contribution in [0.1, 0.15) is 22.7 Å². The normalized spacial score (nSPS) is 19.0. The highest BCUT2D eigenvalue weighted by molar-refractivity contribution is 5.87. The van der Waals surface area contributed by atoms with E-state index in [1.807, 2.05) is 12.1 Å². The Morgan fingerprint density at radius 3 is 2.27 bits per heavy atom. The SMILES string of the molecule is COc1ccc2c(c1O)-c1c(O)c(OC)cc3c1[C@H](C2)[N+](C)(C)CC3.[I-]. The van der Waals surface area contributed by atoms with Gasteiger partial charge in [-0.3, -0.25) is 0 Å². The van der Waals surface area contributed by atoms with Crippen LogP contribution in [0.4, 0.5) is 0 Å². The molecule has 0 amide bonds. The van der Waals surface area contributed by atoms with Gasteiger partial charge in [0, 0.05) is 29.5 Å². The quantitative estimate of drug-likeness (QED) is 0.481. The highest BCUT2D eigenvalue weighted by Gasteiger charge is 2.44. The predicted molar refractivity (Wildman–Crippen MR) is 95.4 cm³/mol. The van der Waals surface area contributed by atoms with Crippen molar-refractivity contribution in [3.8, 4) is 34.1 Å². The summed E-state index contributed by atoms with van der Waals surface area (Å²) in [6.07, 6.45) is 1.74. The molecular weight excluding hydrogens is 445 g/mol. The number of nitrogens with zero attached hydrogens (tertiary/aromatic N) is 1. The number of ether oxygens (including phenoxy) is 2. The molecule has 0 spiro atoms. The summed E-state index contributed by atoms with van der Waals surface area (Å²) >= 11 is 0. The van der Waals surface area contributed by atoms with E-state index in [0.717, 1.165) is 35.0 Å². The Hall–Kier alpha value is -1.67. The van der Waals surface area contributed by atoms with Crippen molar-refractivity contribution in [3.63, 3.8) is 0 Å². The third-order valence-corrected chi connectivity index (χ3v) is 5.86. The first kappa shape index (κ1) is 19.1. The van der Waals surface area contributed by atoms with Crippen LogP contribution < -0.4 is 33.5 Å².